The van der Waals surface area contributed by atoms with E-state index in [0.29, 0.717) is 13.1 Å². The summed E-state index contributed by atoms with van der Waals surface area (Å²) in [5.74, 6) is 0. The predicted molar refractivity (Wildman–Crippen MR) is 125 cm³/mol. The number of amides is 2. The molecule has 0 unspecified atom stereocenters. The zero-order valence-corrected chi connectivity index (χ0v) is 19.1. The van der Waals surface area contributed by atoms with E-state index in [0.717, 1.165) is 30.8 Å². The number of likely N-dealkylation sites (N-methyl/N-ethyl adjacent to an activating group) is 2. The molecule has 30 heavy (non-hydrogen) atoms. The first-order valence-electron chi connectivity index (χ1n) is 11.3. The van der Waals surface area contributed by atoms with Gasteiger partial charge in [-0.2, -0.15) is 0 Å². The summed E-state index contributed by atoms with van der Waals surface area (Å²) in [5.41, 5.74) is 2.18. The monoisotopic (exact) mass is 410 g/mol. The summed E-state index contributed by atoms with van der Waals surface area (Å²) < 4.78 is 0. The molecule has 0 saturated carbocycles. The van der Waals surface area contributed by atoms with Gasteiger partial charge in [0.1, 0.15) is 0 Å². The number of hydrogen-bond donors (Lipinski definition) is 1. The van der Waals surface area contributed by atoms with Gasteiger partial charge in [0.2, 0.25) is 0 Å². The van der Waals surface area contributed by atoms with Gasteiger partial charge in [0.05, 0.1) is 6.04 Å². The Kier molecular flexibility index (Phi) is 10.4. The molecule has 1 aliphatic heterocycles. The second-order valence-electron chi connectivity index (χ2n) is 7.33. The maximum Gasteiger partial charge on any atom is 0.318 e. The number of hydrogen-bond acceptors (Lipinski definition) is 3. The standard InChI is InChI=1S/C23H32N4O.C2H6/c1-3-26(19-18-25(2)27-16-10-11-17-27)23(28)24-22(20-12-6-4-7-13-20)21-14-8-5-9-15-21;1-2/h4-9,12-15,22H,3,10-11,16-19H2,1-2H3,(H,24,28);1-2H3. The largest absolute Gasteiger partial charge is 0.327 e. The summed E-state index contributed by atoms with van der Waals surface area (Å²) in [5, 5.41) is 7.88. The van der Waals surface area contributed by atoms with Gasteiger partial charge in [-0.25, -0.2) is 14.8 Å². The topological polar surface area (TPSA) is 38.8 Å². The third kappa shape index (κ3) is 6.85. The molecule has 0 aliphatic carbocycles. The Balaban J connectivity index is 0.00000155. The molecule has 1 N–H and O–H groups in total. The van der Waals surface area contributed by atoms with Crippen LogP contribution in [-0.4, -0.2) is 60.7 Å². The van der Waals surface area contributed by atoms with Crippen molar-refractivity contribution >= 4 is 6.03 Å². The third-order valence-corrected chi connectivity index (χ3v) is 5.46. The summed E-state index contributed by atoms with van der Waals surface area (Å²) in [6.07, 6.45) is 2.52. The summed E-state index contributed by atoms with van der Waals surface area (Å²) in [6, 6.07) is 20.1. The molecule has 5 heteroatoms. The molecular weight excluding hydrogens is 372 g/mol. The fraction of sp³-hybridized carbons (Fsp3) is 0.480. The molecule has 0 radical (unpaired) electrons. The molecular formula is C25H38N4O. The van der Waals surface area contributed by atoms with Crippen molar-refractivity contribution in [3.05, 3.63) is 71.8 Å². The average Bonchev–Trinajstić information content (AvgIpc) is 3.35. The predicted octanol–water partition coefficient (Wildman–Crippen LogP) is 4.78. The van der Waals surface area contributed by atoms with Crippen LogP contribution in [0.2, 0.25) is 0 Å². The van der Waals surface area contributed by atoms with Gasteiger partial charge in [-0.1, -0.05) is 74.5 Å². The highest BCUT2D eigenvalue weighted by atomic mass is 16.2. The smallest absolute Gasteiger partial charge is 0.318 e. The Bertz CT molecular complexity index is 677. The van der Waals surface area contributed by atoms with Crippen molar-refractivity contribution in [2.45, 2.75) is 39.7 Å². The summed E-state index contributed by atoms with van der Waals surface area (Å²) >= 11 is 0. The minimum Gasteiger partial charge on any atom is -0.327 e. The van der Waals surface area contributed by atoms with E-state index < -0.39 is 0 Å². The number of hydrazine groups is 1. The molecule has 1 aliphatic rings. The average molecular weight is 411 g/mol. The van der Waals surface area contributed by atoms with E-state index in [4.69, 9.17) is 0 Å². The zero-order valence-electron chi connectivity index (χ0n) is 19.1. The van der Waals surface area contributed by atoms with E-state index in [-0.39, 0.29) is 12.1 Å². The molecule has 1 saturated heterocycles. The molecule has 2 aromatic rings. The molecule has 0 atom stereocenters. The Morgan fingerprint density at radius 3 is 1.90 bits per heavy atom. The van der Waals surface area contributed by atoms with Gasteiger partial charge in [-0.3, -0.25) is 0 Å². The number of carbonyl (C=O) groups excluding carboxylic acids is 1. The van der Waals surface area contributed by atoms with Crippen molar-refractivity contribution in [3.63, 3.8) is 0 Å². The van der Waals surface area contributed by atoms with Crippen LogP contribution in [0.5, 0.6) is 0 Å². The first kappa shape index (κ1) is 23.9. The van der Waals surface area contributed by atoms with Crippen LogP contribution < -0.4 is 5.32 Å². The highest BCUT2D eigenvalue weighted by Gasteiger charge is 2.21. The van der Waals surface area contributed by atoms with Crippen LogP contribution in [0.25, 0.3) is 0 Å². The van der Waals surface area contributed by atoms with Gasteiger partial charge in [0, 0.05) is 39.8 Å². The van der Waals surface area contributed by atoms with Crippen molar-refractivity contribution < 1.29 is 4.79 Å². The van der Waals surface area contributed by atoms with E-state index in [1.54, 1.807) is 0 Å². The van der Waals surface area contributed by atoms with E-state index in [1.807, 2.05) is 62.1 Å². The highest BCUT2D eigenvalue weighted by molar-refractivity contribution is 5.75. The normalized spacial score (nSPS) is 13.8. The number of rotatable bonds is 8. The second-order valence-corrected chi connectivity index (χ2v) is 7.33. The molecule has 164 valence electrons. The molecule has 1 heterocycles. The summed E-state index contributed by atoms with van der Waals surface area (Å²) in [4.78, 5) is 14.9. The number of nitrogens with one attached hydrogen (secondary N) is 1. The number of nitrogens with zero attached hydrogens (tertiary/aromatic N) is 3. The maximum absolute atomic E-state index is 13.0. The van der Waals surface area contributed by atoms with Crippen molar-refractivity contribution in [1.82, 2.24) is 20.2 Å². The SMILES string of the molecule is CC.CCN(CCN(C)N1CCCC1)C(=O)NC(c1ccccc1)c1ccccc1. The van der Waals surface area contributed by atoms with Gasteiger partial charge < -0.3 is 10.2 Å². The Morgan fingerprint density at radius 2 is 1.43 bits per heavy atom. The summed E-state index contributed by atoms with van der Waals surface area (Å²) in [7, 11) is 2.12. The van der Waals surface area contributed by atoms with Crippen LogP contribution in [0.15, 0.2) is 60.7 Å². The van der Waals surface area contributed by atoms with Crippen LogP contribution in [0.4, 0.5) is 4.79 Å². The minimum atomic E-state index is -0.153. The Morgan fingerprint density at radius 1 is 0.933 bits per heavy atom. The lowest BCUT2D eigenvalue weighted by Gasteiger charge is -2.31. The van der Waals surface area contributed by atoms with Gasteiger partial charge in [0.15, 0.2) is 0 Å². The Hall–Kier alpha value is -2.37. The molecule has 2 aromatic carbocycles. The van der Waals surface area contributed by atoms with E-state index in [1.165, 1.54) is 12.8 Å². The first-order chi connectivity index (χ1) is 14.7. The van der Waals surface area contributed by atoms with E-state index in [2.05, 4.69) is 46.6 Å². The molecule has 2 amide bonds. The first-order valence-corrected chi connectivity index (χ1v) is 11.3. The summed E-state index contributed by atoms with van der Waals surface area (Å²) in [6.45, 7) is 10.5. The number of benzene rings is 2. The number of urea groups is 1. The van der Waals surface area contributed by atoms with Crippen molar-refractivity contribution in [3.8, 4) is 0 Å². The van der Waals surface area contributed by atoms with Gasteiger partial charge in [-0.05, 0) is 30.9 Å². The lowest BCUT2D eigenvalue weighted by Crippen LogP contribution is -2.47. The Labute approximate surface area is 182 Å². The highest BCUT2D eigenvalue weighted by Crippen LogP contribution is 2.22. The van der Waals surface area contributed by atoms with Crippen LogP contribution >= 0.6 is 0 Å². The van der Waals surface area contributed by atoms with Crippen molar-refractivity contribution in [2.75, 3.05) is 39.8 Å². The van der Waals surface area contributed by atoms with Crippen LogP contribution in [0.1, 0.15) is 50.8 Å². The quantitative estimate of drug-likeness (QED) is 0.681. The lowest BCUT2D eigenvalue weighted by molar-refractivity contribution is 0.0191. The molecule has 0 spiro atoms. The fourth-order valence-electron chi connectivity index (χ4n) is 3.72. The fourth-order valence-corrected chi connectivity index (χ4v) is 3.72. The van der Waals surface area contributed by atoms with Gasteiger partial charge in [-0.15, -0.1) is 0 Å². The van der Waals surface area contributed by atoms with Crippen LogP contribution in [0, 0.1) is 0 Å². The van der Waals surface area contributed by atoms with E-state index >= 15 is 0 Å². The molecule has 5 nitrogen and oxygen atoms in total. The minimum absolute atomic E-state index is 0.0185. The van der Waals surface area contributed by atoms with E-state index in [9.17, 15) is 4.79 Å². The maximum atomic E-state index is 13.0. The van der Waals surface area contributed by atoms with Crippen molar-refractivity contribution in [2.24, 2.45) is 0 Å². The molecule has 0 bridgehead atoms. The second kappa shape index (κ2) is 13.0. The van der Waals surface area contributed by atoms with Crippen molar-refractivity contribution in [1.29, 1.82) is 0 Å². The third-order valence-electron chi connectivity index (χ3n) is 5.46. The zero-order chi connectivity index (χ0) is 21.8. The lowest BCUT2D eigenvalue weighted by atomic mass is 9.99. The number of carbonyl (C=O) groups is 1. The molecule has 3 rings (SSSR count). The van der Waals surface area contributed by atoms with Gasteiger partial charge >= 0.3 is 6.03 Å². The molecule has 0 aromatic heterocycles. The van der Waals surface area contributed by atoms with Crippen LogP contribution in [0.3, 0.4) is 0 Å². The molecule has 1 fully saturated rings. The van der Waals surface area contributed by atoms with Gasteiger partial charge in [0.25, 0.3) is 0 Å². The van der Waals surface area contributed by atoms with Crippen LogP contribution in [-0.2, 0) is 0 Å².